The van der Waals surface area contributed by atoms with E-state index in [2.05, 4.69) is 47.4 Å². The van der Waals surface area contributed by atoms with Crippen molar-refractivity contribution in [3.05, 3.63) is 101 Å². The zero-order chi connectivity index (χ0) is 18.5. The quantitative estimate of drug-likeness (QED) is 0.601. The maximum absolute atomic E-state index is 13.0. The highest BCUT2D eigenvalue weighted by atomic mass is 19.1. The fourth-order valence-electron chi connectivity index (χ4n) is 3.92. The summed E-state index contributed by atoms with van der Waals surface area (Å²) in [5.41, 5.74) is 4.84. The first kappa shape index (κ1) is 17.9. The summed E-state index contributed by atoms with van der Waals surface area (Å²) in [4.78, 5) is 7.33. The Balaban J connectivity index is 1.39. The topological polar surface area (TPSA) is 16.1 Å². The van der Waals surface area contributed by atoms with Gasteiger partial charge in [0.25, 0.3) is 0 Å². The molecular weight excluding hydrogens is 335 g/mol. The number of likely N-dealkylation sites (tertiary alicyclic amines) is 1. The van der Waals surface area contributed by atoms with E-state index in [0.29, 0.717) is 6.04 Å². The van der Waals surface area contributed by atoms with Crippen molar-refractivity contribution in [3.63, 3.8) is 0 Å². The molecular formula is C24H25FN2. The molecule has 0 N–H and O–H groups in total. The van der Waals surface area contributed by atoms with Crippen LogP contribution in [-0.2, 0) is 12.8 Å². The third-order valence-corrected chi connectivity index (χ3v) is 5.40. The first-order valence-electron chi connectivity index (χ1n) is 9.75. The molecule has 1 aliphatic heterocycles. The number of halogens is 1. The monoisotopic (exact) mass is 360 g/mol. The van der Waals surface area contributed by atoms with Gasteiger partial charge in [0, 0.05) is 12.7 Å². The third kappa shape index (κ3) is 4.61. The van der Waals surface area contributed by atoms with Gasteiger partial charge in [0.2, 0.25) is 0 Å². The van der Waals surface area contributed by atoms with Crippen LogP contribution in [0, 0.1) is 5.82 Å². The second kappa shape index (κ2) is 8.45. The summed E-state index contributed by atoms with van der Waals surface area (Å²) in [6.07, 6.45) is 6.26. The smallest absolute Gasteiger partial charge is 0.123 e. The fraction of sp³-hybridized carbons (Fsp3) is 0.292. The minimum atomic E-state index is -0.191. The van der Waals surface area contributed by atoms with Crippen molar-refractivity contribution in [3.8, 4) is 0 Å². The maximum atomic E-state index is 13.0. The first-order chi connectivity index (χ1) is 13.3. The molecule has 1 unspecified atom stereocenters. The summed E-state index contributed by atoms with van der Waals surface area (Å²) in [7, 11) is 0. The molecule has 3 aromatic rings. The van der Waals surface area contributed by atoms with Crippen LogP contribution in [0.2, 0.25) is 0 Å². The van der Waals surface area contributed by atoms with Crippen LogP contribution in [0.3, 0.4) is 0 Å². The molecule has 4 rings (SSSR count). The minimum absolute atomic E-state index is 0.191. The Hall–Kier alpha value is -2.52. The van der Waals surface area contributed by atoms with Crippen molar-refractivity contribution in [1.29, 1.82) is 0 Å². The molecule has 0 amide bonds. The fourth-order valence-corrected chi connectivity index (χ4v) is 3.92. The van der Waals surface area contributed by atoms with Crippen molar-refractivity contribution in [1.82, 2.24) is 9.88 Å². The van der Waals surface area contributed by atoms with Gasteiger partial charge >= 0.3 is 0 Å². The van der Waals surface area contributed by atoms with Crippen LogP contribution < -0.4 is 0 Å². The molecule has 1 fully saturated rings. The number of rotatable bonds is 6. The lowest BCUT2D eigenvalue weighted by Gasteiger charge is -2.24. The predicted molar refractivity (Wildman–Crippen MR) is 107 cm³/mol. The molecule has 2 heterocycles. The molecule has 3 heteroatoms. The van der Waals surface area contributed by atoms with Crippen LogP contribution in [0.1, 0.15) is 41.3 Å². The van der Waals surface area contributed by atoms with Crippen molar-refractivity contribution in [2.75, 3.05) is 13.1 Å². The highest BCUT2D eigenvalue weighted by molar-refractivity contribution is 5.26. The van der Waals surface area contributed by atoms with E-state index in [0.717, 1.165) is 31.5 Å². The van der Waals surface area contributed by atoms with Crippen LogP contribution in [0.5, 0.6) is 0 Å². The number of pyridine rings is 1. The van der Waals surface area contributed by atoms with Gasteiger partial charge in [-0.15, -0.1) is 0 Å². The lowest BCUT2D eigenvalue weighted by Crippen LogP contribution is -2.26. The van der Waals surface area contributed by atoms with Crippen molar-refractivity contribution in [2.45, 2.75) is 31.7 Å². The first-order valence-corrected chi connectivity index (χ1v) is 9.75. The van der Waals surface area contributed by atoms with E-state index in [-0.39, 0.29) is 5.82 Å². The maximum Gasteiger partial charge on any atom is 0.123 e. The average Bonchev–Trinajstić information content (AvgIpc) is 3.18. The summed E-state index contributed by atoms with van der Waals surface area (Å²) in [6.45, 7) is 2.23. The molecule has 0 radical (unpaired) electrons. The Bertz CT molecular complexity index is 844. The van der Waals surface area contributed by atoms with Crippen LogP contribution in [-0.4, -0.2) is 23.0 Å². The summed E-state index contributed by atoms with van der Waals surface area (Å²) in [6, 6.07) is 22.2. The summed E-state index contributed by atoms with van der Waals surface area (Å²) in [5, 5.41) is 0. The molecule has 138 valence electrons. The standard InChI is InChI=1S/C24H25FN2/c25-22-11-8-20(9-12-22)17-21-10-13-23(26-18-21)24-7-4-15-27(24)16-14-19-5-2-1-3-6-19/h1-3,5-6,8-13,18,24H,4,7,14-17H2. The number of aromatic nitrogens is 1. The molecule has 1 saturated heterocycles. The number of hydrogen-bond donors (Lipinski definition) is 0. The van der Waals surface area contributed by atoms with Crippen molar-refractivity contribution < 1.29 is 4.39 Å². The molecule has 0 aliphatic carbocycles. The van der Waals surface area contributed by atoms with Gasteiger partial charge in [0.15, 0.2) is 0 Å². The summed E-state index contributed by atoms with van der Waals surface area (Å²) in [5.74, 6) is -0.191. The molecule has 0 bridgehead atoms. The SMILES string of the molecule is Fc1ccc(Cc2ccc(C3CCCN3CCc3ccccc3)nc2)cc1. The Labute approximate surface area is 160 Å². The van der Waals surface area contributed by atoms with Gasteiger partial charge in [-0.25, -0.2) is 4.39 Å². The second-order valence-corrected chi connectivity index (χ2v) is 7.32. The molecule has 1 atom stereocenters. The molecule has 1 aliphatic rings. The minimum Gasteiger partial charge on any atom is -0.294 e. The van der Waals surface area contributed by atoms with Gasteiger partial charge in [-0.2, -0.15) is 0 Å². The van der Waals surface area contributed by atoms with E-state index in [1.165, 1.54) is 41.8 Å². The lowest BCUT2D eigenvalue weighted by molar-refractivity contribution is 0.256. The number of benzene rings is 2. The third-order valence-electron chi connectivity index (χ3n) is 5.40. The van der Waals surface area contributed by atoms with Gasteiger partial charge in [0.05, 0.1) is 11.7 Å². The Morgan fingerprint density at radius 3 is 2.41 bits per heavy atom. The van der Waals surface area contributed by atoms with E-state index >= 15 is 0 Å². The highest BCUT2D eigenvalue weighted by Gasteiger charge is 2.26. The summed E-state index contributed by atoms with van der Waals surface area (Å²) >= 11 is 0. The largest absolute Gasteiger partial charge is 0.294 e. The van der Waals surface area contributed by atoms with Gasteiger partial charge in [-0.1, -0.05) is 48.5 Å². The van der Waals surface area contributed by atoms with E-state index in [1.54, 1.807) is 0 Å². The molecule has 1 aromatic heterocycles. The molecule has 27 heavy (non-hydrogen) atoms. The zero-order valence-electron chi connectivity index (χ0n) is 15.5. The van der Waals surface area contributed by atoms with Crippen molar-refractivity contribution in [2.24, 2.45) is 0 Å². The Morgan fingerprint density at radius 1 is 0.889 bits per heavy atom. The molecule has 2 aromatic carbocycles. The highest BCUT2D eigenvalue weighted by Crippen LogP contribution is 2.31. The Morgan fingerprint density at radius 2 is 1.67 bits per heavy atom. The van der Waals surface area contributed by atoms with Gasteiger partial charge in [0.1, 0.15) is 5.82 Å². The average molecular weight is 360 g/mol. The molecule has 0 saturated carbocycles. The molecule has 0 spiro atoms. The number of hydrogen-bond acceptors (Lipinski definition) is 2. The Kier molecular flexibility index (Phi) is 5.59. The van der Waals surface area contributed by atoms with Crippen LogP contribution in [0.4, 0.5) is 4.39 Å². The normalized spacial score (nSPS) is 17.3. The van der Waals surface area contributed by atoms with E-state index < -0.39 is 0 Å². The lowest BCUT2D eigenvalue weighted by atomic mass is 10.0. The number of nitrogens with zero attached hydrogens (tertiary/aromatic N) is 2. The van der Waals surface area contributed by atoms with Gasteiger partial charge < -0.3 is 0 Å². The van der Waals surface area contributed by atoms with Crippen LogP contribution >= 0.6 is 0 Å². The second-order valence-electron chi connectivity index (χ2n) is 7.32. The van der Waals surface area contributed by atoms with Gasteiger partial charge in [-0.3, -0.25) is 9.88 Å². The van der Waals surface area contributed by atoms with Crippen LogP contribution in [0.25, 0.3) is 0 Å². The van der Waals surface area contributed by atoms with Crippen LogP contribution in [0.15, 0.2) is 72.9 Å². The summed E-state index contributed by atoms with van der Waals surface area (Å²) < 4.78 is 13.0. The van der Waals surface area contributed by atoms with E-state index in [9.17, 15) is 4.39 Å². The van der Waals surface area contributed by atoms with E-state index in [1.807, 2.05) is 18.3 Å². The molecule has 2 nitrogen and oxygen atoms in total. The van der Waals surface area contributed by atoms with Gasteiger partial charge in [-0.05, 0) is 67.1 Å². The zero-order valence-corrected chi connectivity index (χ0v) is 15.5. The van der Waals surface area contributed by atoms with E-state index in [4.69, 9.17) is 4.98 Å². The van der Waals surface area contributed by atoms with Crippen molar-refractivity contribution >= 4 is 0 Å². The predicted octanol–water partition coefficient (Wildman–Crippen LogP) is 5.19.